The fourth-order valence-corrected chi connectivity index (χ4v) is 2.34. The normalized spacial score (nSPS) is 11.6. The molecule has 0 radical (unpaired) electrons. The minimum atomic E-state index is 0.109. The van der Waals surface area contributed by atoms with Gasteiger partial charge in [0.2, 0.25) is 0 Å². The van der Waals surface area contributed by atoms with Crippen molar-refractivity contribution in [2.24, 2.45) is 0 Å². The molecule has 0 bridgehead atoms. The molecule has 0 atom stereocenters. The Bertz CT molecular complexity index is 580. The highest BCUT2D eigenvalue weighted by Gasteiger charge is 2.10. The highest BCUT2D eigenvalue weighted by molar-refractivity contribution is 5.75. The average molecular weight is 247 g/mol. The Kier molecular flexibility index (Phi) is 3.87. The first-order chi connectivity index (χ1) is 8.65. The molecule has 0 aliphatic carbocycles. The van der Waals surface area contributed by atoms with Crippen LogP contribution >= 0.6 is 0 Å². The summed E-state index contributed by atoms with van der Waals surface area (Å²) in [7, 11) is 4.11. The molecule has 0 fully saturated rings. The summed E-state index contributed by atoms with van der Waals surface area (Å²) < 4.78 is 3.73. The highest BCUT2D eigenvalue weighted by Crippen LogP contribution is 2.12. The smallest absolute Gasteiger partial charge is 0.309 e. The van der Waals surface area contributed by atoms with Gasteiger partial charge in [-0.15, -0.1) is 0 Å². The van der Waals surface area contributed by atoms with Crippen LogP contribution in [-0.2, 0) is 13.1 Å². The van der Waals surface area contributed by atoms with Crippen LogP contribution < -0.4 is 5.69 Å². The lowest BCUT2D eigenvalue weighted by Gasteiger charge is -2.09. The molecule has 0 amide bonds. The minimum Gasteiger partial charge on any atom is -0.309 e. The Balaban J connectivity index is 2.37. The van der Waals surface area contributed by atoms with Gasteiger partial charge in [-0.25, -0.2) is 4.79 Å². The van der Waals surface area contributed by atoms with Crippen molar-refractivity contribution in [1.82, 2.24) is 14.0 Å². The zero-order valence-electron chi connectivity index (χ0n) is 11.4. The first-order valence-corrected chi connectivity index (χ1v) is 6.48. The monoisotopic (exact) mass is 247 g/mol. The number of imidazole rings is 1. The Morgan fingerprint density at radius 2 is 1.72 bits per heavy atom. The van der Waals surface area contributed by atoms with Gasteiger partial charge < -0.3 is 4.90 Å². The molecule has 0 N–H and O–H groups in total. The molecule has 0 saturated heterocycles. The maximum absolute atomic E-state index is 12.3. The van der Waals surface area contributed by atoms with Crippen molar-refractivity contribution in [3.8, 4) is 0 Å². The van der Waals surface area contributed by atoms with Crippen LogP contribution in [0.4, 0.5) is 0 Å². The highest BCUT2D eigenvalue weighted by atomic mass is 16.1. The molecule has 1 aromatic carbocycles. The lowest BCUT2D eigenvalue weighted by Crippen LogP contribution is -2.25. The van der Waals surface area contributed by atoms with Gasteiger partial charge in [-0.3, -0.25) is 9.13 Å². The predicted octanol–water partition coefficient (Wildman–Crippen LogP) is 1.77. The van der Waals surface area contributed by atoms with E-state index in [4.69, 9.17) is 0 Å². The number of benzene rings is 1. The summed E-state index contributed by atoms with van der Waals surface area (Å²) in [5.74, 6) is 0. The molecule has 1 aromatic heterocycles. The number of aryl methyl sites for hydroxylation is 2. The molecule has 2 aromatic rings. The van der Waals surface area contributed by atoms with Gasteiger partial charge in [0.1, 0.15) is 0 Å². The molecule has 0 saturated carbocycles. The summed E-state index contributed by atoms with van der Waals surface area (Å²) in [6, 6.07) is 8.02. The summed E-state index contributed by atoms with van der Waals surface area (Å²) >= 11 is 0. The molecule has 1 heterocycles. The third-order valence-electron chi connectivity index (χ3n) is 3.23. The summed E-state index contributed by atoms with van der Waals surface area (Å²) in [4.78, 5) is 14.5. The fourth-order valence-electron chi connectivity index (χ4n) is 2.34. The number of aromatic nitrogens is 2. The predicted molar refractivity (Wildman–Crippen MR) is 75.0 cm³/mol. The second-order valence-corrected chi connectivity index (χ2v) is 4.82. The molecule has 2 rings (SSSR count). The summed E-state index contributed by atoms with van der Waals surface area (Å²) in [5, 5.41) is 0. The van der Waals surface area contributed by atoms with E-state index in [1.165, 1.54) is 0 Å². The van der Waals surface area contributed by atoms with Crippen molar-refractivity contribution in [3.63, 3.8) is 0 Å². The van der Waals surface area contributed by atoms with Crippen LogP contribution in [0.15, 0.2) is 29.1 Å². The Morgan fingerprint density at radius 3 is 2.28 bits per heavy atom. The van der Waals surface area contributed by atoms with Gasteiger partial charge in [0.15, 0.2) is 0 Å². The van der Waals surface area contributed by atoms with E-state index in [-0.39, 0.29) is 5.69 Å². The zero-order valence-corrected chi connectivity index (χ0v) is 11.4. The van der Waals surface area contributed by atoms with Crippen LogP contribution in [0.2, 0.25) is 0 Å². The number of nitrogens with zero attached hydrogens (tertiary/aromatic N) is 3. The van der Waals surface area contributed by atoms with E-state index in [1.54, 1.807) is 0 Å². The molecule has 0 aliphatic heterocycles. The van der Waals surface area contributed by atoms with Crippen molar-refractivity contribution in [2.45, 2.75) is 26.4 Å². The Morgan fingerprint density at radius 1 is 1.11 bits per heavy atom. The Labute approximate surface area is 107 Å². The van der Waals surface area contributed by atoms with Gasteiger partial charge in [-0.2, -0.15) is 0 Å². The molecule has 0 unspecified atom stereocenters. The van der Waals surface area contributed by atoms with Crippen LogP contribution in [-0.4, -0.2) is 34.7 Å². The Hall–Kier alpha value is -1.55. The maximum Gasteiger partial charge on any atom is 0.329 e. The van der Waals surface area contributed by atoms with Crippen molar-refractivity contribution < 1.29 is 0 Å². The SMILES string of the molecule is CCn1c(=O)n(CCCN(C)C)c2ccccc21. The molecule has 4 heteroatoms. The lowest BCUT2D eigenvalue weighted by atomic mass is 10.3. The lowest BCUT2D eigenvalue weighted by molar-refractivity contribution is 0.385. The maximum atomic E-state index is 12.3. The topological polar surface area (TPSA) is 30.2 Å². The number of hydrogen-bond donors (Lipinski definition) is 0. The van der Waals surface area contributed by atoms with Gasteiger partial charge in [0.25, 0.3) is 0 Å². The molecule has 18 heavy (non-hydrogen) atoms. The van der Waals surface area contributed by atoms with Gasteiger partial charge in [-0.1, -0.05) is 12.1 Å². The summed E-state index contributed by atoms with van der Waals surface area (Å²) in [5.41, 5.74) is 2.19. The molecule has 0 aliphatic rings. The van der Waals surface area contributed by atoms with E-state index >= 15 is 0 Å². The van der Waals surface area contributed by atoms with E-state index in [0.717, 1.165) is 37.1 Å². The van der Waals surface area contributed by atoms with E-state index in [2.05, 4.69) is 19.0 Å². The standard InChI is InChI=1S/C14H21N3O/c1-4-16-12-8-5-6-9-13(12)17(14(16)18)11-7-10-15(2)3/h5-6,8-9H,4,7,10-11H2,1-3H3. The molecule has 98 valence electrons. The average Bonchev–Trinajstić information content (AvgIpc) is 2.62. The van der Waals surface area contributed by atoms with Crippen LogP contribution in [0.25, 0.3) is 11.0 Å². The third kappa shape index (κ3) is 2.34. The molecular weight excluding hydrogens is 226 g/mol. The van der Waals surface area contributed by atoms with Gasteiger partial charge >= 0.3 is 5.69 Å². The van der Waals surface area contributed by atoms with E-state index < -0.39 is 0 Å². The van der Waals surface area contributed by atoms with Crippen molar-refractivity contribution in [1.29, 1.82) is 0 Å². The first kappa shape index (κ1) is 12.9. The summed E-state index contributed by atoms with van der Waals surface area (Å²) in [6.07, 6.45) is 0.991. The summed E-state index contributed by atoms with van der Waals surface area (Å²) in [6.45, 7) is 4.51. The van der Waals surface area contributed by atoms with E-state index in [0.29, 0.717) is 0 Å². The van der Waals surface area contributed by atoms with Crippen LogP contribution in [0.3, 0.4) is 0 Å². The van der Waals surface area contributed by atoms with E-state index in [9.17, 15) is 4.79 Å². The first-order valence-electron chi connectivity index (χ1n) is 6.48. The zero-order chi connectivity index (χ0) is 13.1. The largest absolute Gasteiger partial charge is 0.329 e. The van der Waals surface area contributed by atoms with Gasteiger partial charge in [-0.05, 0) is 46.1 Å². The van der Waals surface area contributed by atoms with Gasteiger partial charge in [0.05, 0.1) is 11.0 Å². The van der Waals surface area contributed by atoms with Gasteiger partial charge in [0, 0.05) is 13.1 Å². The van der Waals surface area contributed by atoms with Crippen molar-refractivity contribution in [3.05, 3.63) is 34.7 Å². The third-order valence-corrected chi connectivity index (χ3v) is 3.23. The quantitative estimate of drug-likeness (QED) is 0.806. The van der Waals surface area contributed by atoms with E-state index in [1.807, 2.05) is 40.3 Å². The molecule has 0 spiro atoms. The second kappa shape index (κ2) is 5.40. The number of fused-ring (bicyclic) bond motifs is 1. The number of rotatable bonds is 5. The minimum absolute atomic E-state index is 0.109. The van der Waals surface area contributed by atoms with Crippen LogP contribution in [0.5, 0.6) is 0 Å². The fraction of sp³-hybridized carbons (Fsp3) is 0.500. The van der Waals surface area contributed by atoms with Crippen LogP contribution in [0, 0.1) is 0 Å². The molecular formula is C14H21N3O. The van der Waals surface area contributed by atoms with Crippen molar-refractivity contribution >= 4 is 11.0 Å². The van der Waals surface area contributed by atoms with Crippen LogP contribution in [0.1, 0.15) is 13.3 Å². The number of para-hydroxylation sites is 2. The van der Waals surface area contributed by atoms with Crippen molar-refractivity contribution in [2.75, 3.05) is 20.6 Å². The number of hydrogen-bond acceptors (Lipinski definition) is 2. The molecule has 4 nitrogen and oxygen atoms in total. The second-order valence-electron chi connectivity index (χ2n) is 4.82.